The third-order valence-electron chi connectivity index (χ3n) is 4.05. The molecule has 22 heavy (non-hydrogen) atoms. The molecule has 7 nitrogen and oxygen atoms in total. The lowest BCUT2D eigenvalue weighted by Gasteiger charge is -2.06. The normalized spacial score (nSPS) is 22.6. The van der Waals surface area contributed by atoms with E-state index in [9.17, 15) is 9.59 Å². The number of nitrogens with two attached hydrogens (primary N) is 1. The molecule has 2 aromatic heterocycles. The first-order valence-electron chi connectivity index (χ1n) is 7.16. The van der Waals surface area contributed by atoms with Crippen molar-refractivity contribution >= 4 is 29.1 Å². The highest BCUT2D eigenvalue weighted by atomic mass is 16.4. The lowest BCUT2D eigenvalue weighted by molar-refractivity contribution is -0.105. The summed E-state index contributed by atoms with van der Waals surface area (Å²) in [5.41, 5.74) is 5.60. The van der Waals surface area contributed by atoms with Crippen LogP contribution in [0.4, 0.5) is 5.69 Å². The smallest absolute Gasteiger partial charge is 0.286 e. The molecule has 2 aromatic rings. The standard InChI is InChI=1S/C9H7N3O3.C6H11N/c10-8(14)7-6(12-4-13)5-2-1-3-11-9(5)15-7;1-7-3-5-2-6(5)4-7/h1-4H,(H2,10,14)(H,12,13);5-6H,2-4H2,1H3. The Labute approximate surface area is 127 Å². The fourth-order valence-electron chi connectivity index (χ4n) is 2.94. The Morgan fingerprint density at radius 1 is 1.50 bits per heavy atom. The SMILES string of the molecule is CN1CC2CC2C1.NC(=O)c1oc2ncccc2c1NC=O. The molecule has 3 N–H and O–H groups in total. The van der Waals surface area contributed by atoms with Gasteiger partial charge in [-0.3, -0.25) is 9.59 Å². The van der Waals surface area contributed by atoms with Gasteiger partial charge in [-0.15, -0.1) is 0 Å². The number of likely N-dealkylation sites (tertiary alicyclic amines) is 1. The van der Waals surface area contributed by atoms with Crippen molar-refractivity contribution in [3.8, 4) is 0 Å². The van der Waals surface area contributed by atoms with Crippen LogP contribution in [0.1, 0.15) is 17.0 Å². The number of carbonyl (C=O) groups is 2. The fourth-order valence-corrected chi connectivity index (χ4v) is 2.94. The molecule has 1 aliphatic carbocycles. The summed E-state index contributed by atoms with van der Waals surface area (Å²) in [4.78, 5) is 27.7. The number of primary amides is 1. The molecule has 0 bridgehead atoms. The van der Waals surface area contributed by atoms with E-state index in [2.05, 4.69) is 22.2 Å². The van der Waals surface area contributed by atoms with Crippen LogP contribution in [0.15, 0.2) is 22.7 Å². The number of hydrogen-bond acceptors (Lipinski definition) is 5. The maximum absolute atomic E-state index is 11.0. The van der Waals surface area contributed by atoms with E-state index >= 15 is 0 Å². The van der Waals surface area contributed by atoms with Crippen LogP contribution in [0.5, 0.6) is 0 Å². The molecule has 1 aliphatic heterocycles. The van der Waals surface area contributed by atoms with E-state index in [0.29, 0.717) is 11.8 Å². The topological polar surface area (TPSA) is 101 Å². The molecular weight excluding hydrogens is 284 g/mol. The van der Waals surface area contributed by atoms with Gasteiger partial charge in [0.2, 0.25) is 17.9 Å². The number of hydrogen-bond donors (Lipinski definition) is 2. The van der Waals surface area contributed by atoms with E-state index < -0.39 is 5.91 Å². The summed E-state index contributed by atoms with van der Waals surface area (Å²) in [6, 6.07) is 3.34. The van der Waals surface area contributed by atoms with Crippen LogP contribution < -0.4 is 11.1 Å². The predicted molar refractivity (Wildman–Crippen MR) is 81.3 cm³/mol. The summed E-state index contributed by atoms with van der Waals surface area (Å²) >= 11 is 0. The molecule has 1 saturated heterocycles. The van der Waals surface area contributed by atoms with Crippen molar-refractivity contribution in [3.05, 3.63) is 24.1 Å². The zero-order valence-electron chi connectivity index (χ0n) is 12.3. The van der Waals surface area contributed by atoms with Crippen LogP contribution in [0.3, 0.4) is 0 Å². The fraction of sp³-hybridized carbons (Fsp3) is 0.400. The van der Waals surface area contributed by atoms with Gasteiger partial charge in [0.25, 0.3) is 5.91 Å². The molecular formula is C15H18N4O3. The van der Waals surface area contributed by atoms with Gasteiger partial charge in [0.15, 0.2) is 0 Å². The van der Waals surface area contributed by atoms with Crippen molar-refractivity contribution in [1.29, 1.82) is 0 Å². The molecule has 3 heterocycles. The number of rotatable bonds is 3. The molecule has 2 fully saturated rings. The number of anilines is 1. The van der Waals surface area contributed by atoms with Gasteiger partial charge in [0.05, 0.1) is 5.39 Å². The van der Waals surface area contributed by atoms with Crippen LogP contribution in [-0.4, -0.2) is 42.3 Å². The number of nitrogens with one attached hydrogen (secondary N) is 1. The lowest BCUT2D eigenvalue weighted by Crippen LogP contribution is -2.15. The van der Waals surface area contributed by atoms with Gasteiger partial charge in [-0.05, 0) is 37.4 Å². The first kappa shape index (κ1) is 14.5. The van der Waals surface area contributed by atoms with E-state index in [-0.39, 0.29) is 17.2 Å². The van der Waals surface area contributed by atoms with Crippen LogP contribution in [-0.2, 0) is 4.79 Å². The van der Waals surface area contributed by atoms with Crippen molar-refractivity contribution in [2.24, 2.45) is 17.6 Å². The van der Waals surface area contributed by atoms with Gasteiger partial charge < -0.3 is 20.4 Å². The molecule has 116 valence electrons. The molecule has 0 spiro atoms. The second kappa shape index (κ2) is 5.76. The number of aromatic nitrogens is 1. The molecule has 1 saturated carbocycles. The average molecular weight is 302 g/mol. The van der Waals surface area contributed by atoms with Crippen LogP contribution in [0, 0.1) is 11.8 Å². The number of pyridine rings is 1. The van der Waals surface area contributed by atoms with Gasteiger partial charge in [-0.25, -0.2) is 4.98 Å². The Morgan fingerprint density at radius 2 is 2.23 bits per heavy atom. The van der Waals surface area contributed by atoms with Gasteiger partial charge >= 0.3 is 0 Å². The van der Waals surface area contributed by atoms with Gasteiger partial charge in [0, 0.05) is 19.3 Å². The molecule has 4 rings (SSSR count). The Hall–Kier alpha value is -2.41. The highest BCUT2D eigenvalue weighted by Gasteiger charge is 2.43. The van der Waals surface area contributed by atoms with Crippen molar-refractivity contribution < 1.29 is 14.0 Å². The molecule has 2 aliphatic rings. The van der Waals surface area contributed by atoms with Gasteiger partial charge in [0.1, 0.15) is 5.69 Å². The first-order chi connectivity index (χ1) is 10.6. The minimum atomic E-state index is -0.752. The Kier molecular flexibility index (Phi) is 3.81. The minimum Gasteiger partial charge on any atom is -0.430 e. The minimum absolute atomic E-state index is 0.101. The highest BCUT2D eigenvalue weighted by Crippen LogP contribution is 2.43. The third kappa shape index (κ3) is 2.80. The zero-order valence-corrected chi connectivity index (χ0v) is 12.3. The number of fused-ring (bicyclic) bond motifs is 2. The summed E-state index contributed by atoms with van der Waals surface area (Å²) in [7, 11) is 2.21. The average Bonchev–Trinajstić information content (AvgIpc) is 2.95. The number of amides is 2. The van der Waals surface area contributed by atoms with Crippen molar-refractivity contribution in [3.63, 3.8) is 0 Å². The quantitative estimate of drug-likeness (QED) is 0.826. The van der Waals surface area contributed by atoms with Crippen LogP contribution in [0.2, 0.25) is 0 Å². The van der Waals surface area contributed by atoms with Crippen LogP contribution >= 0.6 is 0 Å². The summed E-state index contributed by atoms with van der Waals surface area (Å²) in [5, 5.41) is 2.91. The zero-order chi connectivity index (χ0) is 15.7. The largest absolute Gasteiger partial charge is 0.430 e. The third-order valence-corrected chi connectivity index (χ3v) is 4.05. The monoisotopic (exact) mass is 302 g/mol. The van der Waals surface area contributed by atoms with Crippen molar-refractivity contribution in [2.75, 3.05) is 25.5 Å². The Bertz CT molecular complexity index is 702. The Morgan fingerprint density at radius 3 is 2.77 bits per heavy atom. The molecule has 0 aromatic carbocycles. The second-order valence-electron chi connectivity index (χ2n) is 5.77. The second-order valence-corrected chi connectivity index (χ2v) is 5.77. The van der Waals surface area contributed by atoms with E-state index in [1.165, 1.54) is 25.7 Å². The van der Waals surface area contributed by atoms with Crippen LogP contribution in [0.25, 0.3) is 11.1 Å². The Balaban J connectivity index is 0.000000169. The number of carbonyl (C=O) groups excluding carboxylic acids is 2. The maximum Gasteiger partial charge on any atom is 0.286 e. The highest BCUT2D eigenvalue weighted by molar-refractivity contribution is 6.07. The molecule has 2 atom stereocenters. The van der Waals surface area contributed by atoms with Gasteiger partial charge in [-0.1, -0.05) is 0 Å². The first-order valence-corrected chi connectivity index (χ1v) is 7.16. The number of nitrogens with zero attached hydrogens (tertiary/aromatic N) is 2. The van der Waals surface area contributed by atoms with Crippen molar-refractivity contribution in [1.82, 2.24) is 9.88 Å². The summed E-state index contributed by atoms with van der Waals surface area (Å²) in [6.07, 6.45) is 3.50. The van der Waals surface area contributed by atoms with E-state index in [1.54, 1.807) is 12.1 Å². The van der Waals surface area contributed by atoms with Gasteiger partial charge in [-0.2, -0.15) is 0 Å². The maximum atomic E-state index is 11.0. The van der Waals surface area contributed by atoms with E-state index in [1.807, 2.05) is 0 Å². The molecule has 2 amide bonds. The molecule has 0 radical (unpaired) electrons. The number of piperidine rings is 1. The summed E-state index contributed by atoms with van der Waals surface area (Å²) < 4.78 is 5.11. The predicted octanol–water partition coefficient (Wildman–Crippen LogP) is 1.06. The molecule has 2 unspecified atom stereocenters. The van der Waals surface area contributed by atoms with E-state index in [4.69, 9.17) is 10.2 Å². The summed E-state index contributed by atoms with van der Waals surface area (Å²) in [5.74, 6) is 1.38. The molecule has 7 heteroatoms. The van der Waals surface area contributed by atoms with E-state index in [0.717, 1.165) is 11.8 Å². The van der Waals surface area contributed by atoms with Crippen molar-refractivity contribution in [2.45, 2.75) is 6.42 Å². The summed E-state index contributed by atoms with van der Waals surface area (Å²) in [6.45, 7) is 2.76. The number of furan rings is 1. The lowest BCUT2D eigenvalue weighted by atomic mass is 10.2.